The van der Waals surface area contributed by atoms with E-state index in [4.69, 9.17) is 0 Å². The Morgan fingerprint density at radius 2 is 1.86 bits per heavy atom. The Hall–Kier alpha value is -1.77. The number of piperidine rings is 1. The second-order valence-corrected chi connectivity index (χ2v) is 10.2. The third kappa shape index (κ3) is 5.87. The lowest BCUT2D eigenvalue weighted by Crippen LogP contribution is -2.43. The van der Waals surface area contributed by atoms with E-state index in [9.17, 15) is 17.6 Å². The normalized spacial score (nSPS) is 17.1. The monoisotopic (exact) mass is 482 g/mol. The van der Waals surface area contributed by atoms with E-state index in [2.05, 4.69) is 21.2 Å². The van der Waals surface area contributed by atoms with E-state index in [1.54, 1.807) is 24.3 Å². The highest BCUT2D eigenvalue weighted by Crippen LogP contribution is 2.24. The van der Waals surface area contributed by atoms with Gasteiger partial charge in [-0.05, 0) is 55.2 Å². The number of nitrogens with zero attached hydrogens (tertiary/aromatic N) is 1. The number of carbonyl (C=O) groups is 1. The summed E-state index contributed by atoms with van der Waals surface area (Å²) in [6.07, 6.45) is 0.972. The van der Waals surface area contributed by atoms with Crippen LogP contribution in [0.2, 0.25) is 0 Å². The molecule has 0 radical (unpaired) electrons. The molecule has 1 amide bonds. The van der Waals surface area contributed by atoms with Crippen LogP contribution in [0.1, 0.15) is 36.9 Å². The number of rotatable bonds is 6. The number of nitrogens with one attached hydrogen (secondary N) is 1. The van der Waals surface area contributed by atoms with Crippen molar-refractivity contribution >= 4 is 31.9 Å². The quantitative estimate of drug-likeness (QED) is 0.676. The van der Waals surface area contributed by atoms with Gasteiger partial charge in [-0.25, -0.2) is 17.1 Å². The van der Waals surface area contributed by atoms with Crippen molar-refractivity contribution in [1.82, 2.24) is 9.62 Å². The first kappa shape index (κ1) is 21.9. The fourth-order valence-electron chi connectivity index (χ4n) is 3.49. The Morgan fingerprint density at radius 3 is 2.48 bits per heavy atom. The van der Waals surface area contributed by atoms with Gasteiger partial charge < -0.3 is 5.32 Å². The Kier molecular flexibility index (Phi) is 7.08. The van der Waals surface area contributed by atoms with Gasteiger partial charge in [0.2, 0.25) is 15.9 Å². The molecule has 1 saturated heterocycles. The summed E-state index contributed by atoms with van der Waals surface area (Å²) in [5.41, 5.74) is 1.56. The molecule has 29 heavy (non-hydrogen) atoms. The lowest BCUT2D eigenvalue weighted by Gasteiger charge is -2.31. The predicted molar refractivity (Wildman–Crippen MR) is 114 cm³/mol. The Labute approximate surface area is 179 Å². The minimum Gasteiger partial charge on any atom is -0.349 e. The summed E-state index contributed by atoms with van der Waals surface area (Å²) in [7, 11) is -3.43. The van der Waals surface area contributed by atoms with Gasteiger partial charge in [0.1, 0.15) is 5.82 Å². The van der Waals surface area contributed by atoms with Crippen LogP contribution in [0, 0.1) is 11.7 Å². The van der Waals surface area contributed by atoms with E-state index in [-0.39, 0.29) is 29.4 Å². The van der Waals surface area contributed by atoms with Crippen molar-refractivity contribution in [2.45, 2.75) is 31.6 Å². The fourth-order valence-corrected chi connectivity index (χ4v) is 5.49. The smallest absolute Gasteiger partial charge is 0.223 e. The summed E-state index contributed by atoms with van der Waals surface area (Å²) in [4.78, 5) is 12.6. The Morgan fingerprint density at radius 1 is 1.21 bits per heavy atom. The van der Waals surface area contributed by atoms with Gasteiger partial charge in [-0.1, -0.05) is 40.2 Å². The average Bonchev–Trinajstić information content (AvgIpc) is 2.68. The molecule has 0 aromatic heterocycles. The maximum Gasteiger partial charge on any atom is 0.223 e. The number of carbonyl (C=O) groups excluding carboxylic acids is 1. The zero-order chi connectivity index (χ0) is 21.0. The molecule has 1 N–H and O–H groups in total. The molecule has 156 valence electrons. The fraction of sp³-hybridized carbons (Fsp3) is 0.381. The number of amides is 1. The minimum atomic E-state index is -3.43. The molecule has 1 aliphatic heterocycles. The first-order valence-electron chi connectivity index (χ1n) is 9.53. The van der Waals surface area contributed by atoms with Crippen molar-refractivity contribution in [3.63, 3.8) is 0 Å². The molecule has 2 aromatic rings. The number of benzene rings is 2. The summed E-state index contributed by atoms with van der Waals surface area (Å²) >= 11 is 3.36. The number of halogens is 2. The van der Waals surface area contributed by atoms with Crippen LogP contribution in [0.4, 0.5) is 4.39 Å². The maximum absolute atomic E-state index is 13.1. The van der Waals surface area contributed by atoms with Crippen LogP contribution in [0.5, 0.6) is 0 Å². The van der Waals surface area contributed by atoms with E-state index < -0.39 is 10.0 Å². The summed E-state index contributed by atoms with van der Waals surface area (Å²) < 4.78 is 40.8. The predicted octanol–water partition coefficient (Wildman–Crippen LogP) is 4.01. The standard InChI is InChI=1S/C21H24BrFN2O3S/c1-15(17-5-7-20(23)8-6-17)24-21(26)18-9-11-25(12-10-18)29(27,28)14-16-3-2-4-19(22)13-16/h2-8,13,15,18H,9-12,14H2,1H3,(H,24,26)/t15-/m1/s1. The highest BCUT2D eigenvalue weighted by atomic mass is 79.9. The van der Waals surface area contributed by atoms with Gasteiger partial charge in [0, 0.05) is 23.5 Å². The third-order valence-electron chi connectivity index (χ3n) is 5.18. The second kappa shape index (κ2) is 9.36. The summed E-state index contributed by atoms with van der Waals surface area (Å²) in [6, 6.07) is 13.1. The number of hydrogen-bond donors (Lipinski definition) is 1. The van der Waals surface area contributed by atoms with Gasteiger partial charge in [0.25, 0.3) is 0 Å². The summed E-state index contributed by atoms with van der Waals surface area (Å²) in [5.74, 6) is -0.685. The van der Waals surface area contributed by atoms with E-state index in [0.717, 1.165) is 15.6 Å². The molecule has 2 aromatic carbocycles. The van der Waals surface area contributed by atoms with Gasteiger partial charge in [0.15, 0.2) is 0 Å². The largest absolute Gasteiger partial charge is 0.349 e. The van der Waals surface area contributed by atoms with Crippen LogP contribution in [0.15, 0.2) is 53.0 Å². The second-order valence-electron chi connectivity index (χ2n) is 7.34. The van der Waals surface area contributed by atoms with Gasteiger partial charge >= 0.3 is 0 Å². The zero-order valence-corrected chi connectivity index (χ0v) is 18.5. The van der Waals surface area contributed by atoms with Gasteiger partial charge in [-0.15, -0.1) is 0 Å². The lowest BCUT2D eigenvalue weighted by atomic mass is 9.96. The number of hydrogen-bond acceptors (Lipinski definition) is 3. The van der Waals surface area contributed by atoms with Gasteiger partial charge in [-0.2, -0.15) is 0 Å². The van der Waals surface area contributed by atoms with Crippen LogP contribution in [0.25, 0.3) is 0 Å². The first-order chi connectivity index (χ1) is 13.7. The molecule has 0 bridgehead atoms. The lowest BCUT2D eigenvalue weighted by molar-refractivity contribution is -0.126. The van der Waals surface area contributed by atoms with Crippen molar-refractivity contribution in [3.05, 3.63) is 69.9 Å². The van der Waals surface area contributed by atoms with Crippen LogP contribution < -0.4 is 5.32 Å². The van der Waals surface area contributed by atoms with Crippen molar-refractivity contribution in [3.8, 4) is 0 Å². The molecule has 1 heterocycles. The van der Waals surface area contributed by atoms with E-state index in [1.807, 2.05) is 19.1 Å². The summed E-state index contributed by atoms with van der Waals surface area (Å²) in [5, 5.41) is 2.95. The van der Waals surface area contributed by atoms with Crippen LogP contribution in [0.3, 0.4) is 0 Å². The molecule has 1 atom stereocenters. The number of sulfonamides is 1. The molecule has 5 nitrogen and oxygen atoms in total. The SMILES string of the molecule is C[C@@H](NC(=O)C1CCN(S(=O)(=O)Cc2cccc(Br)c2)CC1)c1ccc(F)cc1. The highest BCUT2D eigenvalue weighted by Gasteiger charge is 2.31. The molecule has 3 rings (SSSR count). The first-order valence-corrected chi connectivity index (χ1v) is 11.9. The van der Waals surface area contributed by atoms with Crippen molar-refractivity contribution in [2.75, 3.05) is 13.1 Å². The van der Waals surface area contributed by atoms with E-state index in [1.165, 1.54) is 16.4 Å². The molecule has 1 fully saturated rings. The molecular formula is C21H24BrFN2O3S. The molecule has 1 aliphatic rings. The molecule has 0 unspecified atom stereocenters. The van der Waals surface area contributed by atoms with E-state index >= 15 is 0 Å². The van der Waals surface area contributed by atoms with Crippen LogP contribution >= 0.6 is 15.9 Å². The zero-order valence-electron chi connectivity index (χ0n) is 16.1. The van der Waals surface area contributed by atoms with Gasteiger partial charge in [-0.3, -0.25) is 4.79 Å². The van der Waals surface area contributed by atoms with Crippen molar-refractivity contribution in [1.29, 1.82) is 0 Å². The molecule has 0 aliphatic carbocycles. The van der Waals surface area contributed by atoms with E-state index in [0.29, 0.717) is 25.9 Å². The van der Waals surface area contributed by atoms with Crippen molar-refractivity contribution in [2.24, 2.45) is 5.92 Å². The molecular weight excluding hydrogens is 459 g/mol. The maximum atomic E-state index is 13.1. The van der Waals surface area contributed by atoms with Crippen LogP contribution in [-0.2, 0) is 20.6 Å². The Balaban J connectivity index is 1.54. The van der Waals surface area contributed by atoms with Gasteiger partial charge in [0.05, 0.1) is 11.8 Å². The molecule has 0 saturated carbocycles. The third-order valence-corrected chi connectivity index (χ3v) is 7.53. The minimum absolute atomic E-state index is 0.0507. The average molecular weight is 483 g/mol. The Bertz CT molecular complexity index is 958. The highest BCUT2D eigenvalue weighted by molar-refractivity contribution is 9.10. The van der Waals surface area contributed by atoms with Crippen molar-refractivity contribution < 1.29 is 17.6 Å². The topological polar surface area (TPSA) is 66.5 Å². The van der Waals surface area contributed by atoms with Crippen LogP contribution in [-0.4, -0.2) is 31.7 Å². The molecule has 0 spiro atoms. The summed E-state index contributed by atoms with van der Waals surface area (Å²) in [6.45, 7) is 2.52. The molecule has 8 heteroatoms.